The number of carboxylic acid groups (broad SMARTS) is 1. The summed E-state index contributed by atoms with van der Waals surface area (Å²) >= 11 is 3.14. The average molecular weight is 628 g/mol. The van der Waals surface area contributed by atoms with Crippen molar-refractivity contribution in [3.8, 4) is 16.3 Å². The van der Waals surface area contributed by atoms with Crippen LogP contribution >= 0.6 is 23.1 Å². The second-order valence-electron chi connectivity index (χ2n) is 10.5. The Kier molecular flexibility index (Phi) is 9.63. The Morgan fingerprint density at radius 1 is 1.02 bits per heavy atom. The summed E-state index contributed by atoms with van der Waals surface area (Å²) in [5.41, 5.74) is 4.22. The molecule has 1 aliphatic rings. The summed E-state index contributed by atoms with van der Waals surface area (Å²) in [5, 5.41) is 9.59. The number of hydrogen-bond acceptors (Lipinski definition) is 7. The van der Waals surface area contributed by atoms with Crippen LogP contribution in [0.25, 0.3) is 10.6 Å². The number of halogens is 3. The first kappa shape index (κ1) is 30.9. The minimum Gasteiger partial charge on any atom is -0.482 e. The van der Waals surface area contributed by atoms with Crippen LogP contribution < -0.4 is 9.64 Å². The van der Waals surface area contributed by atoms with Crippen LogP contribution in [0.5, 0.6) is 5.75 Å². The SMILES string of the molecule is Cc1cccc(N2CCN(Cc3nc(-c4ccc(C(F)(F)F)cc4)sc3CSc3ccc(OCC(=O)O)c(C)c3)CC2)c1. The number of aryl methyl sites for hydroxylation is 2. The van der Waals surface area contributed by atoms with Gasteiger partial charge in [0.2, 0.25) is 0 Å². The summed E-state index contributed by atoms with van der Waals surface area (Å²) < 4.78 is 44.8. The molecule has 0 unspecified atom stereocenters. The van der Waals surface area contributed by atoms with Crippen molar-refractivity contribution in [3.63, 3.8) is 0 Å². The number of hydrogen-bond donors (Lipinski definition) is 1. The Labute approximate surface area is 257 Å². The number of benzene rings is 3. The lowest BCUT2D eigenvalue weighted by Crippen LogP contribution is -2.46. The maximum absolute atomic E-state index is 13.1. The van der Waals surface area contributed by atoms with E-state index in [1.165, 1.54) is 34.7 Å². The predicted molar refractivity (Wildman–Crippen MR) is 165 cm³/mol. The molecule has 0 atom stereocenters. The Morgan fingerprint density at radius 3 is 2.42 bits per heavy atom. The van der Waals surface area contributed by atoms with Gasteiger partial charge in [0.05, 0.1) is 11.3 Å². The summed E-state index contributed by atoms with van der Waals surface area (Å²) in [5.74, 6) is 0.140. The first-order valence-corrected chi connectivity index (χ1v) is 15.6. The van der Waals surface area contributed by atoms with Gasteiger partial charge < -0.3 is 14.7 Å². The van der Waals surface area contributed by atoms with E-state index in [1.807, 2.05) is 19.1 Å². The number of thioether (sulfide) groups is 1. The van der Waals surface area contributed by atoms with Crippen molar-refractivity contribution in [2.75, 3.05) is 37.7 Å². The molecular formula is C32H32F3N3O3S2. The fraction of sp³-hybridized carbons (Fsp3) is 0.312. The molecule has 6 nitrogen and oxygen atoms in total. The van der Waals surface area contributed by atoms with Gasteiger partial charge in [-0.3, -0.25) is 4.90 Å². The number of aromatic nitrogens is 1. The molecule has 5 rings (SSSR count). The molecule has 4 aromatic rings. The van der Waals surface area contributed by atoms with Gasteiger partial charge in [-0.15, -0.1) is 23.1 Å². The van der Waals surface area contributed by atoms with Gasteiger partial charge in [-0.1, -0.05) is 24.3 Å². The van der Waals surface area contributed by atoms with Gasteiger partial charge in [-0.25, -0.2) is 9.78 Å². The zero-order valence-electron chi connectivity index (χ0n) is 23.9. The van der Waals surface area contributed by atoms with Crippen molar-refractivity contribution < 1.29 is 27.8 Å². The van der Waals surface area contributed by atoms with E-state index in [1.54, 1.807) is 17.8 Å². The Bertz CT molecular complexity index is 1570. The minimum absolute atomic E-state index is 0.399. The molecule has 0 bridgehead atoms. The smallest absolute Gasteiger partial charge is 0.416 e. The van der Waals surface area contributed by atoms with Gasteiger partial charge in [0.1, 0.15) is 10.8 Å². The van der Waals surface area contributed by atoms with Crippen LogP contribution in [0.3, 0.4) is 0 Å². The van der Waals surface area contributed by atoms with Crippen LogP contribution in [0.1, 0.15) is 27.3 Å². The standard InChI is InChI=1S/C32H32F3N3O3S2/c1-21-4-3-5-25(16-21)38-14-12-37(13-15-38)18-27-29(20-42-26-10-11-28(22(2)17-26)41-19-30(39)40)43-31(36-27)23-6-8-24(9-7-23)32(33,34)35/h3-11,16-17H,12-15,18-20H2,1-2H3,(H,39,40). The lowest BCUT2D eigenvalue weighted by Gasteiger charge is -2.36. The number of piperazine rings is 1. The number of nitrogens with zero attached hydrogens (tertiary/aromatic N) is 3. The number of aliphatic carboxylic acids is 1. The summed E-state index contributed by atoms with van der Waals surface area (Å²) in [4.78, 5) is 22.6. The molecule has 3 aromatic carbocycles. The topological polar surface area (TPSA) is 65.9 Å². The first-order chi connectivity index (χ1) is 20.5. The molecule has 0 spiro atoms. The molecular weight excluding hydrogens is 595 g/mol. The molecule has 0 aliphatic carbocycles. The molecule has 1 fully saturated rings. The Balaban J connectivity index is 1.32. The molecule has 226 valence electrons. The molecule has 43 heavy (non-hydrogen) atoms. The third-order valence-corrected chi connectivity index (χ3v) is 9.57. The lowest BCUT2D eigenvalue weighted by molar-refractivity contribution is -0.139. The van der Waals surface area contributed by atoms with Crippen molar-refractivity contribution in [2.24, 2.45) is 0 Å². The second kappa shape index (κ2) is 13.4. The van der Waals surface area contributed by atoms with E-state index in [4.69, 9.17) is 14.8 Å². The number of carboxylic acids is 1. The molecule has 2 heterocycles. The van der Waals surface area contributed by atoms with E-state index in [0.29, 0.717) is 28.6 Å². The van der Waals surface area contributed by atoms with Gasteiger partial charge in [0.25, 0.3) is 0 Å². The van der Waals surface area contributed by atoms with E-state index in [0.717, 1.165) is 59.3 Å². The molecule has 0 radical (unpaired) electrons. The van der Waals surface area contributed by atoms with Gasteiger partial charge in [-0.05, 0) is 67.4 Å². The molecule has 1 saturated heterocycles. The van der Waals surface area contributed by atoms with E-state index in [2.05, 4.69) is 41.0 Å². The third-order valence-electron chi connectivity index (χ3n) is 7.22. The van der Waals surface area contributed by atoms with Gasteiger partial charge >= 0.3 is 12.1 Å². The summed E-state index contributed by atoms with van der Waals surface area (Å²) in [6.45, 7) is 7.80. The molecule has 11 heteroatoms. The average Bonchev–Trinajstić information content (AvgIpc) is 3.38. The normalized spacial score (nSPS) is 14.2. The number of alkyl halides is 3. The highest BCUT2D eigenvalue weighted by Crippen LogP contribution is 2.36. The zero-order valence-corrected chi connectivity index (χ0v) is 25.5. The number of thiazole rings is 1. The molecule has 0 amide bonds. The van der Waals surface area contributed by atoms with Gasteiger partial charge in [-0.2, -0.15) is 13.2 Å². The third kappa shape index (κ3) is 8.10. The van der Waals surface area contributed by atoms with E-state index >= 15 is 0 Å². The van der Waals surface area contributed by atoms with Crippen LogP contribution in [0, 0.1) is 13.8 Å². The van der Waals surface area contributed by atoms with Crippen LogP contribution in [0.4, 0.5) is 18.9 Å². The highest BCUT2D eigenvalue weighted by atomic mass is 32.2. The van der Waals surface area contributed by atoms with Crippen LogP contribution in [-0.2, 0) is 23.3 Å². The minimum atomic E-state index is -4.39. The quantitative estimate of drug-likeness (QED) is 0.183. The van der Waals surface area contributed by atoms with Crippen molar-refractivity contribution in [3.05, 3.63) is 94.0 Å². The fourth-order valence-corrected chi connectivity index (χ4v) is 7.08. The van der Waals surface area contributed by atoms with E-state index < -0.39 is 24.3 Å². The van der Waals surface area contributed by atoms with E-state index in [-0.39, 0.29) is 0 Å². The Morgan fingerprint density at radius 2 is 1.77 bits per heavy atom. The maximum atomic E-state index is 13.1. The van der Waals surface area contributed by atoms with Crippen LogP contribution in [0.2, 0.25) is 0 Å². The van der Waals surface area contributed by atoms with Crippen LogP contribution in [0.15, 0.2) is 71.6 Å². The first-order valence-electron chi connectivity index (χ1n) is 13.8. The summed E-state index contributed by atoms with van der Waals surface area (Å²) in [7, 11) is 0. The van der Waals surface area contributed by atoms with E-state index in [9.17, 15) is 18.0 Å². The summed E-state index contributed by atoms with van der Waals surface area (Å²) in [6.07, 6.45) is -4.39. The molecule has 1 aromatic heterocycles. The monoisotopic (exact) mass is 627 g/mol. The fourth-order valence-electron chi connectivity index (χ4n) is 4.91. The highest BCUT2D eigenvalue weighted by molar-refractivity contribution is 7.98. The molecule has 1 aliphatic heterocycles. The number of carbonyl (C=O) groups is 1. The van der Waals surface area contributed by atoms with Crippen LogP contribution in [-0.4, -0.2) is 53.7 Å². The lowest BCUT2D eigenvalue weighted by atomic mass is 10.1. The predicted octanol–water partition coefficient (Wildman–Crippen LogP) is 7.52. The Hall–Kier alpha value is -3.54. The van der Waals surface area contributed by atoms with Crippen molar-refractivity contribution in [2.45, 2.75) is 37.2 Å². The summed E-state index contributed by atoms with van der Waals surface area (Å²) in [6, 6.07) is 19.3. The number of anilines is 1. The molecule has 1 N–H and O–H groups in total. The molecule has 0 saturated carbocycles. The van der Waals surface area contributed by atoms with Gasteiger partial charge in [0, 0.05) is 59.5 Å². The van der Waals surface area contributed by atoms with Crippen molar-refractivity contribution in [1.82, 2.24) is 9.88 Å². The van der Waals surface area contributed by atoms with Crippen molar-refractivity contribution >= 4 is 34.8 Å². The highest BCUT2D eigenvalue weighted by Gasteiger charge is 2.30. The largest absolute Gasteiger partial charge is 0.482 e. The van der Waals surface area contributed by atoms with Crippen molar-refractivity contribution in [1.29, 1.82) is 0 Å². The number of ether oxygens (including phenoxy) is 1. The zero-order chi connectivity index (χ0) is 30.6. The maximum Gasteiger partial charge on any atom is 0.416 e. The number of rotatable bonds is 10. The van der Waals surface area contributed by atoms with Gasteiger partial charge in [0.15, 0.2) is 6.61 Å². The second-order valence-corrected chi connectivity index (χ2v) is 12.6.